The molecule has 0 aliphatic heterocycles. The molecule has 0 bridgehead atoms. The number of rotatable bonds is 9. The molecular weight excluding hydrogens is 262 g/mol. The molecule has 0 heterocycles. The number of amides is 1. The molecule has 1 aromatic rings. The summed E-state index contributed by atoms with van der Waals surface area (Å²) in [6.07, 6.45) is 2.11. The van der Waals surface area contributed by atoms with Crippen LogP contribution in [-0.4, -0.2) is 43.5 Å². The average Bonchev–Trinajstić information content (AvgIpc) is 2.51. The third-order valence-electron chi connectivity index (χ3n) is 3.82. The maximum atomic E-state index is 12.3. The molecule has 1 amide bonds. The molecule has 4 nitrogen and oxygen atoms in total. The van der Waals surface area contributed by atoms with Crippen molar-refractivity contribution in [1.29, 1.82) is 0 Å². The van der Waals surface area contributed by atoms with Crippen LogP contribution in [0.4, 0.5) is 5.69 Å². The van der Waals surface area contributed by atoms with E-state index in [0.717, 1.165) is 38.2 Å². The van der Waals surface area contributed by atoms with Crippen molar-refractivity contribution < 1.29 is 4.79 Å². The van der Waals surface area contributed by atoms with Gasteiger partial charge in [0.1, 0.15) is 0 Å². The minimum Gasteiger partial charge on any atom is -0.387 e. The summed E-state index contributed by atoms with van der Waals surface area (Å²) < 4.78 is 0. The van der Waals surface area contributed by atoms with Crippen molar-refractivity contribution in [3.8, 4) is 0 Å². The molecule has 0 saturated carbocycles. The topological polar surface area (TPSA) is 44.4 Å². The first-order valence-corrected chi connectivity index (χ1v) is 7.92. The van der Waals surface area contributed by atoms with E-state index in [1.54, 1.807) is 0 Å². The monoisotopic (exact) mass is 291 g/mol. The van der Waals surface area contributed by atoms with Crippen LogP contribution < -0.4 is 10.6 Å². The lowest BCUT2D eigenvalue weighted by atomic mass is 10.1. The highest BCUT2D eigenvalue weighted by molar-refractivity contribution is 5.99. The Labute approximate surface area is 128 Å². The van der Waals surface area contributed by atoms with Gasteiger partial charge in [-0.2, -0.15) is 0 Å². The van der Waals surface area contributed by atoms with Crippen LogP contribution >= 0.6 is 0 Å². The van der Waals surface area contributed by atoms with Crippen LogP contribution in [0.1, 0.15) is 44.0 Å². The number of anilines is 1. The predicted octanol–water partition coefficient (Wildman–Crippen LogP) is 2.97. The van der Waals surface area contributed by atoms with Crippen molar-refractivity contribution in [2.45, 2.75) is 39.7 Å². The molecule has 0 spiro atoms. The number of carbonyl (C=O) groups is 1. The van der Waals surface area contributed by atoms with E-state index in [4.69, 9.17) is 0 Å². The fourth-order valence-corrected chi connectivity index (χ4v) is 2.43. The molecular formula is C17H29N3O. The molecule has 0 saturated heterocycles. The van der Waals surface area contributed by atoms with Crippen LogP contribution in [0.25, 0.3) is 0 Å². The summed E-state index contributed by atoms with van der Waals surface area (Å²) in [5, 5.41) is 6.14. The highest BCUT2D eigenvalue weighted by Gasteiger charge is 2.12. The maximum Gasteiger partial charge on any atom is 0.253 e. The van der Waals surface area contributed by atoms with E-state index in [1.807, 2.05) is 31.3 Å². The lowest BCUT2D eigenvalue weighted by molar-refractivity contribution is 0.0938. The Morgan fingerprint density at radius 3 is 2.52 bits per heavy atom. The largest absolute Gasteiger partial charge is 0.387 e. The van der Waals surface area contributed by atoms with Crippen molar-refractivity contribution in [3.05, 3.63) is 29.8 Å². The number of nitrogens with zero attached hydrogens (tertiary/aromatic N) is 1. The molecule has 0 radical (unpaired) electrons. The predicted molar refractivity (Wildman–Crippen MR) is 89.9 cm³/mol. The minimum absolute atomic E-state index is 0.00436. The first-order valence-electron chi connectivity index (χ1n) is 7.92. The smallest absolute Gasteiger partial charge is 0.253 e. The van der Waals surface area contributed by atoms with Gasteiger partial charge in [0, 0.05) is 18.8 Å². The van der Waals surface area contributed by atoms with Gasteiger partial charge >= 0.3 is 0 Å². The van der Waals surface area contributed by atoms with Gasteiger partial charge in [-0.15, -0.1) is 0 Å². The Hall–Kier alpha value is -1.55. The van der Waals surface area contributed by atoms with Crippen molar-refractivity contribution >= 4 is 11.6 Å². The number of hydrogen-bond acceptors (Lipinski definition) is 3. The molecule has 118 valence electrons. The van der Waals surface area contributed by atoms with Gasteiger partial charge in [0.15, 0.2) is 0 Å². The first kappa shape index (κ1) is 17.5. The fraction of sp³-hybridized carbons (Fsp3) is 0.588. The molecule has 0 aromatic heterocycles. The summed E-state index contributed by atoms with van der Waals surface area (Å²) in [4.78, 5) is 14.7. The van der Waals surface area contributed by atoms with Gasteiger partial charge in [-0.25, -0.2) is 0 Å². The summed E-state index contributed by atoms with van der Waals surface area (Å²) in [5.74, 6) is -0.00436. The first-order chi connectivity index (χ1) is 10.1. The zero-order valence-corrected chi connectivity index (χ0v) is 13.8. The zero-order valence-electron chi connectivity index (χ0n) is 13.8. The SMILES string of the molecule is CCN(CC)CCCC(C)NC(=O)c1ccccc1NC. The van der Waals surface area contributed by atoms with Crippen molar-refractivity contribution in [2.75, 3.05) is 32.0 Å². The van der Waals surface area contributed by atoms with Crippen molar-refractivity contribution in [3.63, 3.8) is 0 Å². The quantitative estimate of drug-likeness (QED) is 0.735. The van der Waals surface area contributed by atoms with E-state index in [-0.39, 0.29) is 11.9 Å². The Morgan fingerprint density at radius 1 is 1.24 bits per heavy atom. The molecule has 2 N–H and O–H groups in total. The Kier molecular flexibility index (Phi) is 7.83. The molecule has 21 heavy (non-hydrogen) atoms. The maximum absolute atomic E-state index is 12.3. The molecule has 0 fully saturated rings. The fourth-order valence-electron chi connectivity index (χ4n) is 2.43. The van der Waals surface area contributed by atoms with E-state index in [1.165, 1.54) is 0 Å². The van der Waals surface area contributed by atoms with E-state index < -0.39 is 0 Å². The van der Waals surface area contributed by atoms with Gasteiger partial charge in [0.25, 0.3) is 5.91 Å². The second-order valence-corrected chi connectivity index (χ2v) is 5.34. The van der Waals surface area contributed by atoms with Gasteiger partial charge in [0.2, 0.25) is 0 Å². The molecule has 0 aliphatic carbocycles. The molecule has 1 unspecified atom stereocenters. The molecule has 1 rings (SSSR count). The summed E-state index contributed by atoms with van der Waals surface area (Å²) in [6.45, 7) is 9.72. The third-order valence-corrected chi connectivity index (χ3v) is 3.82. The number of para-hydroxylation sites is 1. The second kappa shape index (κ2) is 9.40. The highest BCUT2D eigenvalue weighted by atomic mass is 16.1. The summed E-state index contributed by atoms with van der Waals surface area (Å²) in [5.41, 5.74) is 1.57. The zero-order chi connectivity index (χ0) is 15.7. The standard InChI is InChI=1S/C17H29N3O/c1-5-20(6-2)13-9-10-14(3)19-17(21)15-11-7-8-12-16(15)18-4/h7-8,11-12,14,18H,5-6,9-10,13H2,1-4H3,(H,19,21). The van der Waals surface area contributed by atoms with Gasteiger partial charge < -0.3 is 15.5 Å². The van der Waals surface area contributed by atoms with Crippen molar-refractivity contribution in [1.82, 2.24) is 10.2 Å². The lowest BCUT2D eigenvalue weighted by Gasteiger charge is -2.20. The summed E-state index contributed by atoms with van der Waals surface area (Å²) >= 11 is 0. The molecule has 1 aromatic carbocycles. The van der Waals surface area contributed by atoms with Crippen LogP contribution in [0.3, 0.4) is 0 Å². The van der Waals surface area contributed by atoms with Gasteiger partial charge in [-0.3, -0.25) is 4.79 Å². The average molecular weight is 291 g/mol. The third kappa shape index (κ3) is 5.76. The number of nitrogens with one attached hydrogen (secondary N) is 2. The van der Waals surface area contributed by atoms with E-state index in [2.05, 4.69) is 36.3 Å². The van der Waals surface area contributed by atoms with E-state index in [0.29, 0.717) is 5.56 Å². The normalized spacial score (nSPS) is 12.2. The molecule has 0 aliphatic rings. The van der Waals surface area contributed by atoms with Crippen LogP contribution in [-0.2, 0) is 0 Å². The van der Waals surface area contributed by atoms with Crippen LogP contribution in [0.5, 0.6) is 0 Å². The van der Waals surface area contributed by atoms with Gasteiger partial charge in [-0.05, 0) is 51.5 Å². The minimum atomic E-state index is -0.00436. The second-order valence-electron chi connectivity index (χ2n) is 5.34. The van der Waals surface area contributed by atoms with E-state index in [9.17, 15) is 4.79 Å². The number of hydrogen-bond donors (Lipinski definition) is 2. The Morgan fingerprint density at radius 2 is 1.90 bits per heavy atom. The van der Waals surface area contributed by atoms with E-state index >= 15 is 0 Å². The Balaban J connectivity index is 2.43. The van der Waals surface area contributed by atoms with Crippen molar-refractivity contribution in [2.24, 2.45) is 0 Å². The van der Waals surface area contributed by atoms with Crippen LogP contribution in [0, 0.1) is 0 Å². The lowest BCUT2D eigenvalue weighted by Crippen LogP contribution is -2.34. The number of benzene rings is 1. The molecule has 4 heteroatoms. The van der Waals surface area contributed by atoms with Crippen LogP contribution in [0.15, 0.2) is 24.3 Å². The number of carbonyl (C=O) groups excluding carboxylic acids is 1. The highest BCUT2D eigenvalue weighted by Crippen LogP contribution is 2.14. The van der Waals surface area contributed by atoms with Crippen LogP contribution in [0.2, 0.25) is 0 Å². The molecule has 1 atom stereocenters. The van der Waals surface area contributed by atoms with Gasteiger partial charge in [-0.1, -0.05) is 26.0 Å². The summed E-state index contributed by atoms with van der Waals surface area (Å²) in [7, 11) is 1.83. The van der Waals surface area contributed by atoms with Gasteiger partial charge in [0.05, 0.1) is 5.56 Å². The summed E-state index contributed by atoms with van der Waals surface area (Å²) in [6, 6.07) is 7.78. The Bertz CT molecular complexity index is 430.